The van der Waals surface area contributed by atoms with E-state index in [0.717, 1.165) is 12.2 Å². The summed E-state index contributed by atoms with van der Waals surface area (Å²) in [6.07, 6.45) is 2.65. The number of benzene rings is 1. The van der Waals surface area contributed by atoms with Crippen LogP contribution in [0.5, 0.6) is 5.75 Å². The summed E-state index contributed by atoms with van der Waals surface area (Å²) in [5.41, 5.74) is 1.20. The molecule has 102 valence electrons. The second kappa shape index (κ2) is 7.54. The Morgan fingerprint density at radius 2 is 1.94 bits per heavy atom. The molecular formula is C14H23NO2S. The Bertz CT molecular complexity index is 395. The molecule has 3 atom stereocenters. The van der Waals surface area contributed by atoms with Crippen molar-refractivity contribution < 1.29 is 8.95 Å². The van der Waals surface area contributed by atoms with Gasteiger partial charge in [0.2, 0.25) is 0 Å². The summed E-state index contributed by atoms with van der Waals surface area (Å²) < 4.78 is 16.5. The van der Waals surface area contributed by atoms with Gasteiger partial charge in [-0.1, -0.05) is 18.2 Å². The normalized spacial score (nSPS) is 16.0. The molecule has 0 saturated heterocycles. The number of hydrogen-bond donors (Lipinski definition) is 1. The Morgan fingerprint density at radius 1 is 1.28 bits per heavy atom. The average molecular weight is 269 g/mol. The van der Waals surface area contributed by atoms with Crippen molar-refractivity contribution in [3.8, 4) is 5.75 Å². The van der Waals surface area contributed by atoms with Gasteiger partial charge in [0.1, 0.15) is 5.75 Å². The van der Waals surface area contributed by atoms with E-state index in [0.29, 0.717) is 11.8 Å². The summed E-state index contributed by atoms with van der Waals surface area (Å²) in [5.74, 6) is 1.62. The van der Waals surface area contributed by atoms with Gasteiger partial charge in [-0.05, 0) is 31.9 Å². The summed E-state index contributed by atoms with van der Waals surface area (Å²) in [7, 11) is 0.942. The molecule has 3 nitrogen and oxygen atoms in total. The number of para-hydroxylation sites is 1. The smallest absolute Gasteiger partial charge is 0.122 e. The highest BCUT2D eigenvalue weighted by molar-refractivity contribution is 7.84. The average Bonchev–Trinajstić information content (AvgIpc) is 2.28. The molecule has 0 aliphatic carbocycles. The fourth-order valence-electron chi connectivity index (χ4n) is 2.15. The molecular weight excluding hydrogens is 246 g/mol. The zero-order chi connectivity index (χ0) is 13.5. The fraction of sp³-hybridized carbons (Fsp3) is 0.571. The van der Waals surface area contributed by atoms with E-state index in [1.165, 1.54) is 5.56 Å². The van der Waals surface area contributed by atoms with Crippen LogP contribution in [0.1, 0.15) is 19.4 Å². The third kappa shape index (κ3) is 5.19. The zero-order valence-corrected chi connectivity index (χ0v) is 12.4. The van der Waals surface area contributed by atoms with Crippen LogP contribution in [0.3, 0.4) is 0 Å². The lowest BCUT2D eigenvalue weighted by Crippen LogP contribution is -2.39. The third-order valence-electron chi connectivity index (χ3n) is 2.77. The Labute approximate surface area is 112 Å². The van der Waals surface area contributed by atoms with E-state index in [2.05, 4.69) is 25.2 Å². The van der Waals surface area contributed by atoms with Crippen LogP contribution in [-0.2, 0) is 17.2 Å². The second-order valence-corrected chi connectivity index (χ2v) is 6.20. The van der Waals surface area contributed by atoms with Crippen molar-refractivity contribution in [2.45, 2.75) is 32.4 Å². The van der Waals surface area contributed by atoms with Gasteiger partial charge in [0, 0.05) is 34.9 Å². The Morgan fingerprint density at radius 3 is 2.56 bits per heavy atom. The van der Waals surface area contributed by atoms with Gasteiger partial charge in [-0.3, -0.25) is 4.21 Å². The predicted molar refractivity (Wildman–Crippen MR) is 77.7 cm³/mol. The van der Waals surface area contributed by atoms with Crippen LogP contribution in [0.25, 0.3) is 0 Å². The van der Waals surface area contributed by atoms with Gasteiger partial charge in [-0.2, -0.15) is 0 Å². The molecule has 0 aliphatic heterocycles. The molecule has 0 radical (unpaired) electrons. The molecule has 18 heavy (non-hydrogen) atoms. The molecule has 0 aliphatic rings. The van der Waals surface area contributed by atoms with Gasteiger partial charge in [0.25, 0.3) is 0 Å². The van der Waals surface area contributed by atoms with Crippen LogP contribution in [0.4, 0.5) is 0 Å². The molecule has 0 heterocycles. The van der Waals surface area contributed by atoms with Crippen LogP contribution >= 0.6 is 0 Å². The maximum atomic E-state index is 11.1. The van der Waals surface area contributed by atoms with E-state index in [9.17, 15) is 4.21 Å². The number of rotatable bonds is 7. The number of methoxy groups -OCH3 is 1. The largest absolute Gasteiger partial charge is 0.496 e. The topological polar surface area (TPSA) is 38.3 Å². The lowest BCUT2D eigenvalue weighted by molar-refractivity contribution is 0.404. The standard InChI is InChI=1S/C14H23NO2S/c1-11(15-12(2)10-18(4)16)9-13-7-5-6-8-14(13)17-3/h5-8,11-12,15H,9-10H2,1-4H3. The summed E-state index contributed by atoms with van der Waals surface area (Å²) >= 11 is 0. The van der Waals surface area contributed by atoms with Crippen molar-refractivity contribution in [1.29, 1.82) is 0 Å². The van der Waals surface area contributed by atoms with Crippen molar-refractivity contribution in [3.63, 3.8) is 0 Å². The van der Waals surface area contributed by atoms with Crippen molar-refractivity contribution in [2.24, 2.45) is 0 Å². The van der Waals surface area contributed by atoms with Gasteiger partial charge in [-0.15, -0.1) is 0 Å². The van der Waals surface area contributed by atoms with Gasteiger partial charge in [0.05, 0.1) is 7.11 Å². The molecule has 1 N–H and O–H groups in total. The van der Waals surface area contributed by atoms with Crippen LogP contribution < -0.4 is 10.1 Å². The molecule has 4 heteroatoms. The van der Waals surface area contributed by atoms with E-state index in [4.69, 9.17) is 4.74 Å². The fourth-order valence-corrected chi connectivity index (χ4v) is 2.95. The van der Waals surface area contributed by atoms with E-state index in [1.807, 2.05) is 18.2 Å². The molecule has 0 spiro atoms. The molecule has 0 bridgehead atoms. The lowest BCUT2D eigenvalue weighted by Gasteiger charge is -2.20. The van der Waals surface area contributed by atoms with Crippen LogP contribution in [0, 0.1) is 0 Å². The van der Waals surface area contributed by atoms with E-state index in [1.54, 1.807) is 13.4 Å². The molecule has 0 fully saturated rings. The Hall–Kier alpha value is -0.870. The third-order valence-corrected chi connectivity index (χ3v) is 3.74. The summed E-state index contributed by atoms with van der Waals surface area (Å²) in [5, 5.41) is 3.46. The highest BCUT2D eigenvalue weighted by Crippen LogP contribution is 2.18. The first-order chi connectivity index (χ1) is 8.52. The monoisotopic (exact) mass is 269 g/mol. The van der Waals surface area contributed by atoms with E-state index in [-0.39, 0.29) is 6.04 Å². The molecule has 1 aromatic carbocycles. The Balaban J connectivity index is 2.53. The minimum absolute atomic E-state index is 0.264. The van der Waals surface area contributed by atoms with Crippen molar-refractivity contribution in [1.82, 2.24) is 5.32 Å². The first kappa shape index (κ1) is 15.2. The summed E-state index contributed by atoms with van der Waals surface area (Å²) in [6.45, 7) is 4.21. The first-order valence-corrected chi connectivity index (χ1v) is 7.93. The molecule has 1 aromatic rings. The lowest BCUT2D eigenvalue weighted by atomic mass is 10.1. The predicted octanol–water partition coefficient (Wildman–Crippen LogP) is 1.98. The van der Waals surface area contributed by atoms with E-state index >= 15 is 0 Å². The second-order valence-electron chi connectivity index (χ2n) is 4.72. The van der Waals surface area contributed by atoms with Gasteiger partial charge in [0.15, 0.2) is 0 Å². The van der Waals surface area contributed by atoms with Crippen LogP contribution in [0.15, 0.2) is 24.3 Å². The van der Waals surface area contributed by atoms with Crippen molar-refractivity contribution >= 4 is 10.8 Å². The maximum Gasteiger partial charge on any atom is 0.122 e. The summed E-state index contributed by atoms with van der Waals surface area (Å²) in [4.78, 5) is 0. The summed E-state index contributed by atoms with van der Waals surface area (Å²) in [6, 6.07) is 8.66. The molecule has 3 unspecified atom stereocenters. The minimum atomic E-state index is -0.752. The minimum Gasteiger partial charge on any atom is -0.496 e. The van der Waals surface area contributed by atoms with Crippen LogP contribution in [-0.4, -0.2) is 35.4 Å². The first-order valence-electron chi connectivity index (χ1n) is 6.21. The quantitative estimate of drug-likeness (QED) is 0.822. The van der Waals surface area contributed by atoms with Crippen LogP contribution in [0.2, 0.25) is 0 Å². The van der Waals surface area contributed by atoms with Gasteiger partial charge < -0.3 is 10.1 Å². The molecule has 0 aromatic heterocycles. The Kier molecular flexibility index (Phi) is 6.36. The van der Waals surface area contributed by atoms with Gasteiger partial charge >= 0.3 is 0 Å². The van der Waals surface area contributed by atoms with E-state index < -0.39 is 10.8 Å². The highest BCUT2D eigenvalue weighted by atomic mass is 32.2. The SMILES string of the molecule is COc1ccccc1CC(C)NC(C)CS(C)=O. The number of hydrogen-bond acceptors (Lipinski definition) is 3. The van der Waals surface area contributed by atoms with Crippen molar-refractivity contribution in [2.75, 3.05) is 19.1 Å². The van der Waals surface area contributed by atoms with Gasteiger partial charge in [-0.25, -0.2) is 0 Å². The molecule has 1 rings (SSSR count). The maximum absolute atomic E-state index is 11.1. The van der Waals surface area contributed by atoms with Crippen molar-refractivity contribution in [3.05, 3.63) is 29.8 Å². The highest BCUT2D eigenvalue weighted by Gasteiger charge is 2.11. The number of ether oxygens (including phenoxy) is 1. The number of nitrogens with one attached hydrogen (secondary N) is 1. The molecule has 0 saturated carbocycles. The zero-order valence-electron chi connectivity index (χ0n) is 11.6. The molecule has 0 amide bonds.